The van der Waals surface area contributed by atoms with Gasteiger partial charge < -0.3 is 9.84 Å². The third-order valence-corrected chi connectivity index (χ3v) is 1.92. The number of aryl methyl sites for hydroxylation is 1. The SMILES string of the molecule is Cc1cc(C(=O)O)c(C=O)cc1OC(F)F. The van der Waals surface area contributed by atoms with Gasteiger partial charge in [0.2, 0.25) is 0 Å². The van der Waals surface area contributed by atoms with Crippen LogP contribution < -0.4 is 4.74 Å². The molecule has 4 nitrogen and oxygen atoms in total. The summed E-state index contributed by atoms with van der Waals surface area (Å²) in [6.07, 6.45) is 0.279. The van der Waals surface area contributed by atoms with Crippen LogP contribution in [0.5, 0.6) is 5.75 Å². The largest absolute Gasteiger partial charge is 0.478 e. The van der Waals surface area contributed by atoms with Crippen molar-refractivity contribution in [2.45, 2.75) is 13.5 Å². The Labute approximate surface area is 89.5 Å². The van der Waals surface area contributed by atoms with E-state index < -0.39 is 12.6 Å². The van der Waals surface area contributed by atoms with Crippen LogP contribution in [-0.4, -0.2) is 24.0 Å². The molecule has 1 rings (SSSR count). The predicted octanol–water partition coefficient (Wildman–Crippen LogP) is 2.11. The van der Waals surface area contributed by atoms with Crippen LogP contribution in [0.25, 0.3) is 0 Å². The molecule has 0 heterocycles. The number of carboxylic acid groups (broad SMARTS) is 1. The third-order valence-electron chi connectivity index (χ3n) is 1.92. The normalized spacial score (nSPS) is 10.2. The van der Waals surface area contributed by atoms with Gasteiger partial charge in [0.05, 0.1) is 5.56 Å². The Morgan fingerprint density at radius 2 is 2.12 bits per heavy atom. The number of aromatic carboxylic acids is 1. The van der Waals surface area contributed by atoms with Gasteiger partial charge >= 0.3 is 12.6 Å². The van der Waals surface area contributed by atoms with Crippen LogP contribution in [0.1, 0.15) is 26.3 Å². The Bertz CT molecular complexity index is 429. The number of aldehydes is 1. The summed E-state index contributed by atoms with van der Waals surface area (Å²) >= 11 is 0. The molecule has 0 aliphatic heterocycles. The molecule has 0 fully saturated rings. The van der Waals surface area contributed by atoms with Crippen LogP contribution in [0.3, 0.4) is 0 Å². The van der Waals surface area contributed by atoms with Crippen LogP contribution in [0.15, 0.2) is 12.1 Å². The minimum atomic E-state index is -3.02. The molecule has 0 unspecified atom stereocenters. The molecule has 0 bridgehead atoms. The Balaban J connectivity index is 3.25. The second-order valence-corrected chi connectivity index (χ2v) is 3.01. The van der Waals surface area contributed by atoms with Crippen LogP contribution in [0, 0.1) is 6.92 Å². The van der Waals surface area contributed by atoms with Crippen molar-refractivity contribution in [2.75, 3.05) is 0 Å². The fourth-order valence-electron chi connectivity index (χ4n) is 1.21. The highest BCUT2D eigenvalue weighted by Crippen LogP contribution is 2.24. The molecule has 0 spiro atoms. The molecule has 16 heavy (non-hydrogen) atoms. The number of carbonyl (C=O) groups is 2. The van der Waals surface area contributed by atoms with Gasteiger partial charge in [-0.3, -0.25) is 4.79 Å². The maximum Gasteiger partial charge on any atom is 0.387 e. The Morgan fingerprint density at radius 1 is 1.50 bits per heavy atom. The monoisotopic (exact) mass is 230 g/mol. The number of hydrogen-bond donors (Lipinski definition) is 1. The van der Waals surface area contributed by atoms with Crippen molar-refractivity contribution in [3.8, 4) is 5.75 Å². The van der Waals surface area contributed by atoms with Gasteiger partial charge in [0, 0.05) is 5.56 Å². The summed E-state index contributed by atoms with van der Waals surface area (Å²) in [6, 6.07) is 2.10. The molecule has 0 aliphatic carbocycles. The van der Waals surface area contributed by atoms with Crippen molar-refractivity contribution >= 4 is 12.3 Å². The lowest BCUT2D eigenvalue weighted by Gasteiger charge is -2.09. The maximum absolute atomic E-state index is 12.0. The molecule has 0 atom stereocenters. The molecule has 0 amide bonds. The zero-order valence-corrected chi connectivity index (χ0v) is 8.24. The molecule has 1 N–H and O–H groups in total. The number of hydrogen-bond acceptors (Lipinski definition) is 3. The number of ether oxygens (including phenoxy) is 1. The van der Waals surface area contributed by atoms with E-state index in [0.29, 0.717) is 0 Å². The molecule has 0 aliphatic rings. The third kappa shape index (κ3) is 2.53. The van der Waals surface area contributed by atoms with Crippen LogP contribution >= 0.6 is 0 Å². The quantitative estimate of drug-likeness (QED) is 0.804. The first-order chi connectivity index (χ1) is 7.45. The van der Waals surface area contributed by atoms with E-state index in [4.69, 9.17) is 5.11 Å². The van der Waals surface area contributed by atoms with Gasteiger partial charge in [-0.2, -0.15) is 8.78 Å². The molecule has 0 aromatic heterocycles. The predicted molar refractivity (Wildman–Crippen MR) is 50.2 cm³/mol. The summed E-state index contributed by atoms with van der Waals surface area (Å²) in [4.78, 5) is 21.3. The van der Waals surface area contributed by atoms with E-state index >= 15 is 0 Å². The summed E-state index contributed by atoms with van der Waals surface area (Å²) in [5.41, 5.74) is -0.217. The van der Waals surface area contributed by atoms with Crippen molar-refractivity contribution in [3.63, 3.8) is 0 Å². The number of benzene rings is 1. The zero-order valence-electron chi connectivity index (χ0n) is 8.24. The first-order valence-electron chi connectivity index (χ1n) is 4.23. The summed E-state index contributed by atoms with van der Waals surface area (Å²) in [5, 5.41) is 8.75. The van der Waals surface area contributed by atoms with Gasteiger partial charge in [-0.15, -0.1) is 0 Å². The number of halogens is 2. The van der Waals surface area contributed by atoms with E-state index in [-0.39, 0.29) is 28.7 Å². The Morgan fingerprint density at radius 3 is 2.56 bits per heavy atom. The first kappa shape index (κ1) is 12.1. The van der Waals surface area contributed by atoms with E-state index in [1.807, 2.05) is 0 Å². The molecule has 0 saturated carbocycles. The van der Waals surface area contributed by atoms with Crippen LogP contribution in [0.4, 0.5) is 8.78 Å². The topological polar surface area (TPSA) is 63.6 Å². The van der Waals surface area contributed by atoms with Gasteiger partial charge in [-0.1, -0.05) is 0 Å². The number of alkyl halides is 2. The molecule has 6 heteroatoms. The molecular formula is C10H8F2O4. The fraction of sp³-hybridized carbons (Fsp3) is 0.200. The van der Waals surface area contributed by atoms with Gasteiger partial charge in [0.25, 0.3) is 0 Å². The number of carbonyl (C=O) groups excluding carboxylic acids is 1. The minimum absolute atomic E-state index is 0.200. The molecule has 0 saturated heterocycles. The highest BCUT2D eigenvalue weighted by Gasteiger charge is 2.15. The van der Waals surface area contributed by atoms with Crippen molar-refractivity contribution in [3.05, 3.63) is 28.8 Å². The van der Waals surface area contributed by atoms with E-state index in [0.717, 1.165) is 12.1 Å². The lowest BCUT2D eigenvalue weighted by atomic mass is 10.0. The van der Waals surface area contributed by atoms with Crippen LogP contribution in [0.2, 0.25) is 0 Å². The van der Waals surface area contributed by atoms with Crippen molar-refractivity contribution < 1.29 is 28.2 Å². The summed E-state index contributed by atoms with van der Waals surface area (Å²) in [6.45, 7) is -1.60. The van der Waals surface area contributed by atoms with Gasteiger partial charge in [-0.05, 0) is 24.6 Å². The van der Waals surface area contributed by atoms with Gasteiger partial charge in [-0.25, -0.2) is 4.79 Å². The first-order valence-corrected chi connectivity index (χ1v) is 4.23. The van der Waals surface area contributed by atoms with Crippen molar-refractivity contribution in [1.29, 1.82) is 0 Å². The average Bonchev–Trinajstić information content (AvgIpc) is 2.19. The van der Waals surface area contributed by atoms with Crippen molar-refractivity contribution in [2.24, 2.45) is 0 Å². The highest BCUT2D eigenvalue weighted by atomic mass is 19.3. The van der Waals surface area contributed by atoms with Crippen LogP contribution in [-0.2, 0) is 0 Å². The van der Waals surface area contributed by atoms with Gasteiger partial charge in [0.15, 0.2) is 6.29 Å². The molecule has 86 valence electrons. The molecule has 1 aromatic rings. The summed E-state index contributed by atoms with van der Waals surface area (Å²) in [5.74, 6) is -1.50. The zero-order chi connectivity index (χ0) is 12.3. The maximum atomic E-state index is 12.0. The lowest BCUT2D eigenvalue weighted by molar-refractivity contribution is -0.0503. The summed E-state index contributed by atoms with van der Waals surface area (Å²) in [7, 11) is 0. The lowest BCUT2D eigenvalue weighted by Crippen LogP contribution is -2.07. The standard InChI is InChI=1S/C10H8F2O4/c1-5-2-7(9(14)15)6(4-13)3-8(5)16-10(11)12/h2-4,10H,1H3,(H,14,15). The minimum Gasteiger partial charge on any atom is -0.478 e. The average molecular weight is 230 g/mol. The Hall–Kier alpha value is -1.98. The number of rotatable bonds is 4. The Kier molecular flexibility index (Phi) is 3.55. The fourth-order valence-corrected chi connectivity index (χ4v) is 1.21. The highest BCUT2D eigenvalue weighted by molar-refractivity contribution is 5.97. The smallest absolute Gasteiger partial charge is 0.387 e. The second kappa shape index (κ2) is 4.69. The molecule has 1 aromatic carbocycles. The number of carboxylic acids is 1. The molecular weight excluding hydrogens is 222 g/mol. The van der Waals surface area contributed by atoms with Gasteiger partial charge in [0.1, 0.15) is 5.75 Å². The van der Waals surface area contributed by atoms with E-state index in [1.165, 1.54) is 6.92 Å². The summed E-state index contributed by atoms with van der Waals surface area (Å²) < 4.78 is 28.1. The van der Waals surface area contributed by atoms with E-state index in [9.17, 15) is 18.4 Å². The second-order valence-electron chi connectivity index (χ2n) is 3.01. The van der Waals surface area contributed by atoms with E-state index in [2.05, 4.69) is 4.74 Å². The van der Waals surface area contributed by atoms with Crippen molar-refractivity contribution in [1.82, 2.24) is 0 Å². The van der Waals surface area contributed by atoms with E-state index in [1.54, 1.807) is 0 Å². The molecule has 0 radical (unpaired) electrons.